The van der Waals surface area contributed by atoms with E-state index < -0.39 is 0 Å². The molecule has 1 aliphatic rings. The zero-order valence-corrected chi connectivity index (χ0v) is 18.1. The van der Waals surface area contributed by atoms with Crippen LogP contribution in [0.1, 0.15) is 24.6 Å². The summed E-state index contributed by atoms with van der Waals surface area (Å²) in [5, 5.41) is 6.10. The Morgan fingerprint density at radius 1 is 1.29 bits per heavy atom. The summed E-state index contributed by atoms with van der Waals surface area (Å²) in [6.07, 6.45) is 3.06. The van der Waals surface area contributed by atoms with E-state index >= 15 is 0 Å². The molecule has 0 atom stereocenters. The first-order valence-corrected chi connectivity index (χ1v) is 10.5. The summed E-state index contributed by atoms with van der Waals surface area (Å²) in [5.74, 6) is 1.37. The number of para-hydroxylation sites is 1. The van der Waals surface area contributed by atoms with Gasteiger partial charge in [-0.3, -0.25) is 0 Å². The molecule has 0 aliphatic carbocycles. The fourth-order valence-corrected chi connectivity index (χ4v) is 4.52. The van der Waals surface area contributed by atoms with Gasteiger partial charge >= 0.3 is 6.03 Å². The second-order valence-corrected chi connectivity index (χ2v) is 8.46. The van der Waals surface area contributed by atoms with Gasteiger partial charge in [0.15, 0.2) is 5.82 Å². The van der Waals surface area contributed by atoms with E-state index in [0.29, 0.717) is 35.1 Å². The number of imidazole rings is 1. The molecule has 5 rings (SSSR count). The molecule has 1 aromatic carbocycles. The van der Waals surface area contributed by atoms with Gasteiger partial charge in [-0.05, 0) is 25.0 Å². The molecular formula is C21H23ClN8O. The number of aromatic amines is 1. The topological polar surface area (TPSA) is 108 Å². The maximum atomic E-state index is 12.3. The molecular weight excluding hydrogens is 416 g/mol. The first kappa shape index (κ1) is 19.6. The van der Waals surface area contributed by atoms with Gasteiger partial charge in [0.25, 0.3) is 0 Å². The van der Waals surface area contributed by atoms with E-state index in [1.54, 1.807) is 23.5 Å². The number of halogens is 1. The molecule has 3 aromatic heterocycles. The fraction of sp³-hybridized carbons (Fsp3) is 0.333. The first-order chi connectivity index (χ1) is 14.9. The number of carbonyl (C=O) groups excluding carboxylic acids is 1. The van der Waals surface area contributed by atoms with Crippen molar-refractivity contribution in [1.29, 1.82) is 0 Å². The number of benzene rings is 1. The Hall–Kier alpha value is -3.33. The quantitative estimate of drug-likeness (QED) is 0.498. The number of carbonyl (C=O) groups is 1. The molecule has 0 unspecified atom stereocenters. The van der Waals surface area contributed by atoms with Crippen molar-refractivity contribution < 1.29 is 4.79 Å². The molecule has 1 saturated heterocycles. The van der Waals surface area contributed by atoms with Crippen LogP contribution in [0, 0.1) is 0 Å². The zero-order chi connectivity index (χ0) is 21.7. The minimum Gasteiger partial charge on any atom is -0.382 e. The summed E-state index contributed by atoms with van der Waals surface area (Å²) in [4.78, 5) is 28.3. The standard InChI is InChI=1S/C21H23ClN8O/c1-28(2)21(31)29-8-6-12(7-9-29)20-27-17(18-19(23)24-11-25-30(18)20)15-10-13-4-3-5-14(22)16(13)26-15/h3-5,10-12,26H,6-9H2,1-2H3,(H2,23,24,25). The van der Waals surface area contributed by atoms with Gasteiger partial charge in [-0.15, -0.1) is 0 Å². The van der Waals surface area contributed by atoms with E-state index in [4.69, 9.17) is 22.3 Å². The lowest BCUT2D eigenvalue weighted by Crippen LogP contribution is -2.43. The van der Waals surface area contributed by atoms with Crippen LogP contribution in [0.4, 0.5) is 10.6 Å². The molecule has 2 amide bonds. The third-order valence-corrected chi connectivity index (χ3v) is 6.17. The number of anilines is 1. The van der Waals surface area contributed by atoms with E-state index in [0.717, 1.165) is 35.3 Å². The van der Waals surface area contributed by atoms with Crippen LogP contribution >= 0.6 is 11.6 Å². The second-order valence-electron chi connectivity index (χ2n) is 8.05. The number of piperidine rings is 1. The number of nitrogen functional groups attached to an aromatic ring is 1. The van der Waals surface area contributed by atoms with Crippen LogP contribution in [0.5, 0.6) is 0 Å². The Morgan fingerprint density at radius 2 is 2.06 bits per heavy atom. The maximum absolute atomic E-state index is 12.3. The average molecular weight is 439 g/mol. The number of nitrogens with zero attached hydrogens (tertiary/aromatic N) is 6. The van der Waals surface area contributed by atoms with Crippen LogP contribution in [0.15, 0.2) is 30.6 Å². The van der Waals surface area contributed by atoms with Gasteiger partial charge in [-0.1, -0.05) is 23.7 Å². The van der Waals surface area contributed by atoms with Crippen LogP contribution in [0.2, 0.25) is 5.02 Å². The zero-order valence-electron chi connectivity index (χ0n) is 17.3. The Labute approximate surface area is 183 Å². The van der Waals surface area contributed by atoms with E-state index in [1.165, 1.54) is 6.33 Å². The molecule has 3 N–H and O–H groups in total. The molecule has 0 radical (unpaired) electrons. The summed E-state index contributed by atoms with van der Waals surface area (Å²) >= 11 is 6.35. The predicted molar refractivity (Wildman–Crippen MR) is 120 cm³/mol. The highest BCUT2D eigenvalue weighted by Crippen LogP contribution is 2.35. The summed E-state index contributed by atoms with van der Waals surface area (Å²) in [6, 6.07) is 7.81. The molecule has 1 aliphatic heterocycles. The van der Waals surface area contributed by atoms with Crippen LogP contribution in [-0.4, -0.2) is 67.6 Å². The van der Waals surface area contributed by atoms with E-state index in [2.05, 4.69) is 15.1 Å². The minimum atomic E-state index is 0.0358. The number of hydrogen-bond donors (Lipinski definition) is 2. The van der Waals surface area contributed by atoms with Crippen molar-refractivity contribution in [2.75, 3.05) is 32.9 Å². The molecule has 0 saturated carbocycles. The first-order valence-electron chi connectivity index (χ1n) is 10.2. The molecule has 31 heavy (non-hydrogen) atoms. The number of nitrogens with one attached hydrogen (secondary N) is 1. The van der Waals surface area contributed by atoms with Crippen molar-refractivity contribution in [3.8, 4) is 11.4 Å². The van der Waals surface area contributed by atoms with Gasteiger partial charge in [0, 0.05) is 38.5 Å². The number of rotatable bonds is 2. The predicted octanol–water partition coefficient (Wildman–Crippen LogP) is 3.37. The Balaban J connectivity index is 1.56. The summed E-state index contributed by atoms with van der Waals surface area (Å²) in [6.45, 7) is 1.35. The van der Waals surface area contributed by atoms with Crippen molar-refractivity contribution in [3.05, 3.63) is 41.4 Å². The number of hydrogen-bond acceptors (Lipinski definition) is 5. The van der Waals surface area contributed by atoms with Crippen molar-refractivity contribution in [2.24, 2.45) is 0 Å². The molecule has 0 spiro atoms. The number of aromatic nitrogens is 5. The average Bonchev–Trinajstić information content (AvgIpc) is 3.37. The van der Waals surface area contributed by atoms with Crippen LogP contribution in [0.25, 0.3) is 27.8 Å². The fourth-order valence-electron chi connectivity index (χ4n) is 4.29. The van der Waals surface area contributed by atoms with Crippen molar-refractivity contribution >= 4 is 39.9 Å². The van der Waals surface area contributed by atoms with Gasteiger partial charge in [-0.2, -0.15) is 5.10 Å². The minimum absolute atomic E-state index is 0.0358. The van der Waals surface area contributed by atoms with E-state index in [-0.39, 0.29) is 11.9 Å². The Bertz CT molecular complexity index is 1290. The lowest BCUT2D eigenvalue weighted by molar-refractivity contribution is 0.155. The molecule has 4 heterocycles. The van der Waals surface area contributed by atoms with Gasteiger partial charge in [-0.25, -0.2) is 19.3 Å². The van der Waals surface area contributed by atoms with Crippen LogP contribution in [0.3, 0.4) is 0 Å². The smallest absolute Gasteiger partial charge is 0.319 e. The van der Waals surface area contributed by atoms with Gasteiger partial charge in [0.1, 0.15) is 23.4 Å². The molecule has 0 bridgehead atoms. The normalized spacial score (nSPS) is 15.1. The summed E-state index contributed by atoms with van der Waals surface area (Å²) < 4.78 is 1.79. The number of urea groups is 1. The molecule has 10 heteroatoms. The largest absolute Gasteiger partial charge is 0.382 e. The van der Waals surface area contributed by atoms with Crippen molar-refractivity contribution in [3.63, 3.8) is 0 Å². The molecule has 1 fully saturated rings. The molecule has 4 aromatic rings. The monoisotopic (exact) mass is 438 g/mol. The summed E-state index contributed by atoms with van der Waals surface area (Å²) in [5.41, 5.74) is 9.29. The van der Waals surface area contributed by atoms with Gasteiger partial charge < -0.3 is 20.5 Å². The lowest BCUT2D eigenvalue weighted by atomic mass is 9.96. The van der Waals surface area contributed by atoms with E-state index in [1.807, 2.05) is 29.2 Å². The maximum Gasteiger partial charge on any atom is 0.319 e. The third kappa shape index (κ3) is 3.25. The van der Waals surface area contributed by atoms with Gasteiger partial charge in [0.05, 0.1) is 16.2 Å². The number of likely N-dealkylation sites (tertiary alicyclic amines) is 1. The number of H-pyrrole nitrogens is 1. The second kappa shape index (κ2) is 7.42. The number of fused-ring (bicyclic) bond motifs is 2. The lowest BCUT2D eigenvalue weighted by Gasteiger charge is -2.33. The summed E-state index contributed by atoms with van der Waals surface area (Å²) in [7, 11) is 3.55. The SMILES string of the molecule is CN(C)C(=O)N1CCC(c2nc(-c3cc4cccc(Cl)c4[nH]3)c3c(N)ncnn23)CC1. The van der Waals surface area contributed by atoms with Crippen molar-refractivity contribution in [1.82, 2.24) is 34.4 Å². The molecule has 9 nitrogen and oxygen atoms in total. The highest BCUT2D eigenvalue weighted by atomic mass is 35.5. The highest BCUT2D eigenvalue weighted by molar-refractivity contribution is 6.35. The van der Waals surface area contributed by atoms with Crippen LogP contribution in [-0.2, 0) is 0 Å². The number of amides is 2. The molecule has 160 valence electrons. The van der Waals surface area contributed by atoms with Gasteiger partial charge in [0.2, 0.25) is 0 Å². The van der Waals surface area contributed by atoms with Crippen molar-refractivity contribution in [2.45, 2.75) is 18.8 Å². The van der Waals surface area contributed by atoms with Crippen LogP contribution < -0.4 is 5.73 Å². The Morgan fingerprint density at radius 3 is 2.77 bits per heavy atom. The van der Waals surface area contributed by atoms with E-state index in [9.17, 15) is 4.79 Å². The number of nitrogens with two attached hydrogens (primary N) is 1. The third-order valence-electron chi connectivity index (χ3n) is 5.86. The Kier molecular flexibility index (Phi) is 4.70. The highest BCUT2D eigenvalue weighted by Gasteiger charge is 2.29.